The van der Waals surface area contributed by atoms with Gasteiger partial charge in [-0.2, -0.15) is 0 Å². The van der Waals surface area contributed by atoms with Gasteiger partial charge in [-0.1, -0.05) is 0 Å². The topological polar surface area (TPSA) is 63.9 Å². The van der Waals surface area contributed by atoms with Crippen molar-refractivity contribution < 1.29 is 13.9 Å². The van der Waals surface area contributed by atoms with Gasteiger partial charge in [-0.15, -0.1) is 0 Å². The maximum absolute atomic E-state index is 6.52. The molecule has 0 radical (unpaired) electrons. The first-order chi connectivity index (χ1) is 12.7. The van der Waals surface area contributed by atoms with Crippen LogP contribution < -0.4 is 4.90 Å². The van der Waals surface area contributed by atoms with E-state index in [1.165, 1.54) is 0 Å². The second-order valence-corrected chi connectivity index (χ2v) is 7.26. The van der Waals surface area contributed by atoms with Crippen molar-refractivity contribution in [1.82, 2.24) is 14.9 Å². The Labute approximate surface area is 153 Å². The van der Waals surface area contributed by atoms with Crippen molar-refractivity contribution in [3.63, 3.8) is 0 Å². The van der Waals surface area contributed by atoms with E-state index < -0.39 is 0 Å². The SMILES string of the molecule is CN(Cc1ccco1)CC1CCC2(COCCN(c3ncccn3)C2)O1. The Morgan fingerprint density at radius 2 is 2.19 bits per heavy atom. The average Bonchev–Trinajstić information content (AvgIpc) is 3.23. The molecule has 2 aromatic rings. The Morgan fingerprint density at radius 1 is 1.31 bits per heavy atom. The normalized spacial score (nSPS) is 26.5. The predicted molar refractivity (Wildman–Crippen MR) is 96.9 cm³/mol. The second kappa shape index (κ2) is 7.73. The molecule has 2 saturated heterocycles. The summed E-state index contributed by atoms with van der Waals surface area (Å²) >= 11 is 0. The summed E-state index contributed by atoms with van der Waals surface area (Å²) in [6.45, 7) is 4.54. The Hall–Kier alpha value is -1.96. The minimum absolute atomic E-state index is 0.204. The van der Waals surface area contributed by atoms with Gasteiger partial charge < -0.3 is 18.8 Å². The third-order valence-corrected chi connectivity index (χ3v) is 5.04. The fourth-order valence-electron chi connectivity index (χ4n) is 3.86. The highest BCUT2D eigenvalue weighted by atomic mass is 16.6. The van der Waals surface area contributed by atoms with E-state index in [2.05, 4.69) is 26.8 Å². The van der Waals surface area contributed by atoms with Crippen molar-refractivity contribution >= 4 is 5.95 Å². The predicted octanol–water partition coefficient (Wildman–Crippen LogP) is 1.96. The monoisotopic (exact) mass is 358 g/mol. The number of ether oxygens (including phenoxy) is 2. The van der Waals surface area contributed by atoms with Gasteiger partial charge in [0.15, 0.2) is 0 Å². The van der Waals surface area contributed by atoms with Crippen LogP contribution in [0.4, 0.5) is 5.95 Å². The van der Waals surface area contributed by atoms with E-state index in [-0.39, 0.29) is 11.7 Å². The molecule has 0 amide bonds. The van der Waals surface area contributed by atoms with E-state index in [0.29, 0.717) is 13.2 Å². The van der Waals surface area contributed by atoms with Crippen LogP contribution in [0.25, 0.3) is 0 Å². The first-order valence-corrected chi connectivity index (χ1v) is 9.21. The van der Waals surface area contributed by atoms with Crippen molar-refractivity contribution in [2.45, 2.75) is 31.1 Å². The van der Waals surface area contributed by atoms with Crippen molar-refractivity contribution in [3.8, 4) is 0 Å². The van der Waals surface area contributed by atoms with Crippen LogP contribution in [-0.2, 0) is 16.0 Å². The number of hydrogen-bond donors (Lipinski definition) is 0. The molecule has 0 aliphatic carbocycles. The van der Waals surface area contributed by atoms with Gasteiger partial charge in [0, 0.05) is 25.5 Å². The van der Waals surface area contributed by atoms with Crippen molar-refractivity contribution in [1.29, 1.82) is 0 Å². The molecule has 2 fully saturated rings. The van der Waals surface area contributed by atoms with Gasteiger partial charge in [0.2, 0.25) is 5.95 Å². The molecule has 2 aliphatic heterocycles. The maximum Gasteiger partial charge on any atom is 0.225 e. The zero-order valence-electron chi connectivity index (χ0n) is 15.2. The molecule has 7 nitrogen and oxygen atoms in total. The van der Waals surface area contributed by atoms with Gasteiger partial charge in [0.1, 0.15) is 11.4 Å². The van der Waals surface area contributed by atoms with Crippen molar-refractivity contribution in [2.75, 3.05) is 44.8 Å². The first-order valence-electron chi connectivity index (χ1n) is 9.21. The van der Waals surface area contributed by atoms with Crippen LogP contribution in [0, 0.1) is 0 Å². The molecule has 7 heteroatoms. The fourth-order valence-corrected chi connectivity index (χ4v) is 3.86. The lowest BCUT2D eigenvalue weighted by atomic mass is 10.00. The summed E-state index contributed by atoms with van der Waals surface area (Å²) in [6.07, 6.45) is 7.51. The average molecular weight is 358 g/mol. The van der Waals surface area contributed by atoms with Gasteiger partial charge in [-0.05, 0) is 38.1 Å². The van der Waals surface area contributed by atoms with E-state index in [1.54, 1.807) is 18.7 Å². The Morgan fingerprint density at radius 3 is 3.00 bits per heavy atom. The smallest absolute Gasteiger partial charge is 0.225 e. The van der Waals surface area contributed by atoms with Gasteiger partial charge in [0.05, 0.1) is 38.7 Å². The molecule has 26 heavy (non-hydrogen) atoms. The standard InChI is InChI=1S/C19H26N4O3/c1-22(12-16-4-2-10-25-16)13-17-5-6-19(26-17)14-23(9-11-24-15-19)18-20-7-3-8-21-18/h2-4,7-8,10,17H,5-6,9,11-15H2,1H3. The third kappa shape index (κ3) is 4.06. The van der Waals surface area contributed by atoms with Crippen LogP contribution in [0.2, 0.25) is 0 Å². The summed E-state index contributed by atoms with van der Waals surface area (Å²) in [7, 11) is 2.10. The first kappa shape index (κ1) is 17.5. The Bertz CT molecular complexity index is 681. The lowest BCUT2D eigenvalue weighted by molar-refractivity contribution is -0.0822. The minimum Gasteiger partial charge on any atom is -0.468 e. The van der Waals surface area contributed by atoms with Crippen LogP contribution in [0.15, 0.2) is 41.3 Å². The molecule has 1 spiro atoms. The molecule has 2 aliphatic rings. The number of rotatable bonds is 5. The Kier molecular flexibility index (Phi) is 5.19. The Balaban J connectivity index is 1.37. The summed E-state index contributed by atoms with van der Waals surface area (Å²) in [5, 5.41) is 0. The summed E-state index contributed by atoms with van der Waals surface area (Å²) in [5.74, 6) is 1.73. The number of nitrogens with zero attached hydrogens (tertiary/aromatic N) is 4. The highest BCUT2D eigenvalue weighted by Crippen LogP contribution is 2.34. The zero-order chi connectivity index (χ0) is 17.8. The van der Waals surface area contributed by atoms with Gasteiger partial charge in [-0.25, -0.2) is 9.97 Å². The zero-order valence-corrected chi connectivity index (χ0v) is 15.2. The van der Waals surface area contributed by atoms with E-state index in [9.17, 15) is 0 Å². The van der Waals surface area contributed by atoms with Crippen molar-refractivity contribution in [3.05, 3.63) is 42.6 Å². The van der Waals surface area contributed by atoms with Gasteiger partial charge in [-0.3, -0.25) is 4.90 Å². The molecule has 0 N–H and O–H groups in total. The fraction of sp³-hybridized carbons (Fsp3) is 0.579. The number of aromatic nitrogens is 2. The molecule has 0 bridgehead atoms. The summed E-state index contributed by atoms with van der Waals surface area (Å²) in [4.78, 5) is 13.2. The highest BCUT2D eigenvalue weighted by Gasteiger charge is 2.43. The second-order valence-electron chi connectivity index (χ2n) is 7.26. The van der Waals surface area contributed by atoms with Crippen LogP contribution in [0.3, 0.4) is 0 Å². The van der Waals surface area contributed by atoms with Crippen molar-refractivity contribution in [2.24, 2.45) is 0 Å². The lowest BCUT2D eigenvalue weighted by Gasteiger charge is -2.32. The highest BCUT2D eigenvalue weighted by molar-refractivity contribution is 5.30. The molecule has 4 rings (SSSR count). The number of likely N-dealkylation sites (N-methyl/N-ethyl adjacent to an activating group) is 1. The van der Waals surface area contributed by atoms with E-state index in [4.69, 9.17) is 13.9 Å². The maximum atomic E-state index is 6.52. The quantitative estimate of drug-likeness (QED) is 0.809. The van der Waals surface area contributed by atoms with Gasteiger partial charge >= 0.3 is 0 Å². The summed E-state index contributed by atoms with van der Waals surface area (Å²) in [5.41, 5.74) is -0.272. The number of furan rings is 1. The molecule has 2 unspecified atom stereocenters. The van der Waals surface area contributed by atoms with E-state index >= 15 is 0 Å². The summed E-state index contributed by atoms with van der Waals surface area (Å²) in [6, 6.07) is 5.77. The number of hydrogen-bond acceptors (Lipinski definition) is 7. The van der Waals surface area contributed by atoms with Crippen LogP contribution in [-0.4, -0.2) is 66.5 Å². The molecule has 4 heterocycles. The van der Waals surface area contributed by atoms with E-state index in [1.807, 2.05) is 18.2 Å². The molecule has 140 valence electrons. The molecule has 2 atom stereocenters. The molecule has 0 aromatic carbocycles. The third-order valence-electron chi connectivity index (χ3n) is 5.04. The lowest BCUT2D eigenvalue weighted by Crippen LogP contribution is -2.45. The van der Waals surface area contributed by atoms with Crippen LogP contribution in [0.5, 0.6) is 0 Å². The molecule has 2 aromatic heterocycles. The summed E-state index contributed by atoms with van der Waals surface area (Å²) < 4.78 is 17.8. The molecular weight excluding hydrogens is 332 g/mol. The molecular formula is C19H26N4O3. The van der Waals surface area contributed by atoms with Gasteiger partial charge in [0.25, 0.3) is 0 Å². The number of anilines is 1. The molecule has 0 saturated carbocycles. The van der Waals surface area contributed by atoms with Crippen LogP contribution in [0.1, 0.15) is 18.6 Å². The minimum atomic E-state index is -0.272. The largest absolute Gasteiger partial charge is 0.468 e. The van der Waals surface area contributed by atoms with Crippen LogP contribution >= 0.6 is 0 Å². The van der Waals surface area contributed by atoms with E-state index in [0.717, 1.165) is 50.7 Å².